The molecule has 1 N–H and O–H groups in total. The topological polar surface area (TPSA) is 38.3 Å². The van der Waals surface area contributed by atoms with Crippen molar-refractivity contribution in [3.63, 3.8) is 0 Å². The molecule has 0 saturated heterocycles. The summed E-state index contributed by atoms with van der Waals surface area (Å²) in [7, 11) is 0. The predicted molar refractivity (Wildman–Crippen MR) is 79.0 cm³/mol. The van der Waals surface area contributed by atoms with E-state index in [1.54, 1.807) is 11.8 Å². The molecule has 98 valence electrons. The van der Waals surface area contributed by atoms with Crippen molar-refractivity contribution in [2.75, 3.05) is 11.6 Å². The number of rotatable bonds is 4. The Morgan fingerprint density at radius 3 is 2.00 bits per heavy atom. The first-order valence-corrected chi connectivity index (χ1v) is 7.09. The fourth-order valence-corrected chi connectivity index (χ4v) is 2.00. The summed E-state index contributed by atoms with van der Waals surface area (Å²) in [6.07, 6.45) is 2.04. The minimum atomic E-state index is -0.0821. The van der Waals surface area contributed by atoms with Gasteiger partial charge < -0.3 is 10.1 Å². The van der Waals surface area contributed by atoms with Crippen LogP contribution in [0.5, 0.6) is 11.5 Å². The van der Waals surface area contributed by atoms with Gasteiger partial charge in [0.15, 0.2) is 0 Å². The van der Waals surface area contributed by atoms with Gasteiger partial charge in [0.2, 0.25) is 5.91 Å². The van der Waals surface area contributed by atoms with Crippen molar-refractivity contribution in [2.24, 2.45) is 0 Å². The maximum absolute atomic E-state index is 10.9. The van der Waals surface area contributed by atoms with Crippen LogP contribution in [0.2, 0.25) is 0 Å². The molecular formula is C15H15NO2S. The first-order valence-electron chi connectivity index (χ1n) is 5.87. The summed E-state index contributed by atoms with van der Waals surface area (Å²) in [4.78, 5) is 12.1. The number of carbonyl (C=O) groups is 1. The van der Waals surface area contributed by atoms with Crippen LogP contribution >= 0.6 is 11.8 Å². The number of benzene rings is 2. The molecule has 0 atom stereocenters. The van der Waals surface area contributed by atoms with Gasteiger partial charge in [-0.1, -0.05) is 0 Å². The van der Waals surface area contributed by atoms with E-state index in [1.807, 2.05) is 54.8 Å². The van der Waals surface area contributed by atoms with Crippen molar-refractivity contribution in [1.29, 1.82) is 0 Å². The zero-order valence-electron chi connectivity index (χ0n) is 10.8. The summed E-state index contributed by atoms with van der Waals surface area (Å²) >= 11 is 1.70. The van der Waals surface area contributed by atoms with Crippen molar-refractivity contribution >= 4 is 23.4 Å². The third-order valence-corrected chi connectivity index (χ3v) is 3.21. The Labute approximate surface area is 117 Å². The average Bonchev–Trinajstić information content (AvgIpc) is 2.41. The van der Waals surface area contributed by atoms with Crippen LogP contribution < -0.4 is 10.1 Å². The Kier molecular flexibility index (Phi) is 4.47. The Morgan fingerprint density at radius 1 is 1.00 bits per heavy atom. The number of ether oxygens (including phenoxy) is 1. The summed E-state index contributed by atoms with van der Waals surface area (Å²) in [6, 6.07) is 15.2. The second kappa shape index (κ2) is 6.29. The summed E-state index contributed by atoms with van der Waals surface area (Å²) in [5.74, 6) is 1.46. The Morgan fingerprint density at radius 2 is 1.53 bits per heavy atom. The molecule has 2 aromatic carbocycles. The van der Waals surface area contributed by atoms with Crippen molar-refractivity contribution in [1.82, 2.24) is 0 Å². The van der Waals surface area contributed by atoms with E-state index < -0.39 is 0 Å². The highest BCUT2D eigenvalue weighted by Crippen LogP contribution is 2.25. The second-order valence-electron chi connectivity index (χ2n) is 3.98. The third kappa shape index (κ3) is 4.03. The fourth-order valence-electron chi connectivity index (χ4n) is 1.59. The molecule has 0 heterocycles. The van der Waals surface area contributed by atoms with Crippen molar-refractivity contribution in [3.05, 3.63) is 48.5 Å². The molecule has 0 fully saturated rings. The molecule has 0 aliphatic rings. The van der Waals surface area contributed by atoms with E-state index in [0.717, 1.165) is 17.2 Å². The first-order chi connectivity index (χ1) is 9.17. The number of thioether (sulfide) groups is 1. The molecule has 0 aromatic heterocycles. The zero-order valence-corrected chi connectivity index (χ0v) is 11.7. The van der Waals surface area contributed by atoms with Gasteiger partial charge in [0.1, 0.15) is 11.5 Å². The van der Waals surface area contributed by atoms with Gasteiger partial charge in [0.05, 0.1) is 0 Å². The summed E-state index contributed by atoms with van der Waals surface area (Å²) < 4.78 is 5.72. The molecule has 0 radical (unpaired) electrons. The van der Waals surface area contributed by atoms with Crippen molar-refractivity contribution in [3.8, 4) is 11.5 Å². The molecule has 0 spiro atoms. The number of nitrogens with one attached hydrogen (secondary N) is 1. The molecule has 0 aliphatic heterocycles. The summed E-state index contributed by atoms with van der Waals surface area (Å²) in [6.45, 7) is 1.48. The Balaban J connectivity index is 2.04. The highest BCUT2D eigenvalue weighted by molar-refractivity contribution is 7.98. The lowest BCUT2D eigenvalue weighted by Crippen LogP contribution is -2.05. The van der Waals surface area contributed by atoms with Crippen LogP contribution in [-0.4, -0.2) is 12.2 Å². The SMILES string of the molecule is CSc1ccc(Oc2ccc(NC(C)=O)cc2)cc1. The Bertz CT molecular complexity index is 549. The number of hydrogen-bond donors (Lipinski definition) is 1. The zero-order chi connectivity index (χ0) is 13.7. The molecule has 19 heavy (non-hydrogen) atoms. The van der Waals surface area contributed by atoms with Gasteiger partial charge in [-0.05, 0) is 54.8 Å². The molecule has 2 aromatic rings. The summed E-state index contributed by atoms with van der Waals surface area (Å²) in [5.41, 5.74) is 0.762. The lowest BCUT2D eigenvalue weighted by atomic mass is 10.3. The van der Waals surface area contributed by atoms with Gasteiger partial charge in [-0.25, -0.2) is 0 Å². The van der Waals surface area contributed by atoms with E-state index in [0.29, 0.717) is 0 Å². The van der Waals surface area contributed by atoms with Crippen LogP contribution in [0, 0.1) is 0 Å². The third-order valence-electron chi connectivity index (χ3n) is 2.47. The number of amides is 1. The normalized spacial score (nSPS) is 10.0. The van der Waals surface area contributed by atoms with E-state index in [-0.39, 0.29) is 5.91 Å². The molecule has 1 amide bonds. The maximum Gasteiger partial charge on any atom is 0.221 e. The molecule has 4 heteroatoms. The number of carbonyl (C=O) groups excluding carboxylic acids is 1. The van der Waals surface area contributed by atoms with Crippen LogP contribution in [0.4, 0.5) is 5.69 Å². The van der Waals surface area contributed by atoms with Gasteiger partial charge in [0, 0.05) is 17.5 Å². The quantitative estimate of drug-likeness (QED) is 0.850. The molecule has 0 aliphatic carbocycles. The highest BCUT2D eigenvalue weighted by Gasteiger charge is 1.99. The van der Waals surface area contributed by atoms with Crippen LogP contribution in [0.3, 0.4) is 0 Å². The minimum absolute atomic E-state index is 0.0821. The van der Waals surface area contributed by atoms with E-state index in [4.69, 9.17) is 4.74 Å². The lowest BCUT2D eigenvalue weighted by Gasteiger charge is -2.07. The van der Waals surface area contributed by atoms with Crippen molar-refractivity contribution < 1.29 is 9.53 Å². The largest absolute Gasteiger partial charge is 0.457 e. The van der Waals surface area contributed by atoms with E-state index in [2.05, 4.69) is 5.32 Å². The molecule has 0 bridgehead atoms. The molecule has 0 unspecified atom stereocenters. The van der Waals surface area contributed by atoms with Gasteiger partial charge in [-0.15, -0.1) is 11.8 Å². The maximum atomic E-state index is 10.9. The highest BCUT2D eigenvalue weighted by atomic mass is 32.2. The molecule has 2 rings (SSSR count). The van der Waals surface area contributed by atoms with Gasteiger partial charge in [-0.3, -0.25) is 4.79 Å². The molecule has 0 saturated carbocycles. The number of anilines is 1. The first kappa shape index (κ1) is 13.5. The van der Waals surface area contributed by atoms with Crippen LogP contribution in [0.15, 0.2) is 53.4 Å². The monoisotopic (exact) mass is 273 g/mol. The summed E-state index contributed by atoms with van der Waals surface area (Å²) in [5, 5.41) is 2.71. The fraction of sp³-hybridized carbons (Fsp3) is 0.133. The lowest BCUT2D eigenvalue weighted by molar-refractivity contribution is -0.114. The second-order valence-corrected chi connectivity index (χ2v) is 4.86. The Hall–Kier alpha value is -1.94. The smallest absolute Gasteiger partial charge is 0.221 e. The standard InChI is InChI=1S/C15H15NO2S/c1-11(17)16-12-3-5-13(6-4-12)18-14-7-9-15(19-2)10-8-14/h3-10H,1-2H3,(H,16,17). The van der Waals surface area contributed by atoms with Crippen LogP contribution in [0.1, 0.15) is 6.92 Å². The van der Waals surface area contributed by atoms with E-state index in [1.165, 1.54) is 11.8 Å². The number of hydrogen-bond acceptors (Lipinski definition) is 3. The predicted octanol–water partition coefficient (Wildman–Crippen LogP) is 4.16. The van der Waals surface area contributed by atoms with Crippen molar-refractivity contribution in [2.45, 2.75) is 11.8 Å². The molecular weight excluding hydrogens is 258 g/mol. The van der Waals surface area contributed by atoms with E-state index >= 15 is 0 Å². The van der Waals surface area contributed by atoms with Gasteiger partial charge in [-0.2, -0.15) is 0 Å². The van der Waals surface area contributed by atoms with E-state index in [9.17, 15) is 4.79 Å². The van der Waals surface area contributed by atoms with Gasteiger partial charge >= 0.3 is 0 Å². The minimum Gasteiger partial charge on any atom is -0.457 e. The average molecular weight is 273 g/mol. The van der Waals surface area contributed by atoms with Crippen LogP contribution in [0.25, 0.3) is 0 Å². The molecule has 3 nitrogen and oxygen atoms in total. The van der Waals surface area contributed by atoms with Crippen LogP contribution in [-0.2, 0) is 4.79 Å². The van der Waals surface area contributed by atoms with Gasteiger partial charge in [0.25, 0.3) is 0 Å².